The summed E-state index contributed by atoms with van der Waals surface area (Å²) < 4.78 is 59.7. The van der Waals surface area contributed by atoms with Crippen molar-refractivity contribution in [3.05, 3.63) is 40.5 Å². The molecule has 1 spiro atoms. The fraction of sp³-hybridized carbons (Fsp3) is 0.692. The maximum atomic E-state index is 15.3. The van der Waals surface area contributed by atoms with Gasteiger partial charge < -0.3 is 36.0 Å². The van der Waals surface area contributed by atoms with E-state index in [0.29, 0.717) is 49.1 Å². The molecule has 0 unspecified atom stereocenters. The van der Waals surface area contributed by atoms with Gasteiger partial charge in [-0.3, -0.25) is 38.5 Å². The molecule has 15 nitrogen and oxygen atoms in total. The number of alkyl halides is 4. The molecule has 400 valence electrons. The first-order valence-corrected chi connectivity index (χ1v) is 27.2. The number of amides is 7. The van der Waals surface area contributed by atoms with Gasteiger partial charge in [0.05, 0.1) is 16.9 Å². The van der Waals surface area contributed by atoms with Crippen molar-refractivity contribution in [2.45, 2.75) is 172 Å². The second-order valence-corrected chi connectivity index (χ2v) is 24.1. The summed E-state index contributed by atoms with van der Waals surface area (Å²) in [5.41, 5.74) is -1.67. The molecule has 6 fully saturated rings. The van der Waals surface area contributed by atoms with Crippen LogP contribution in [0.5, 0.6) is 0 Å². The lowest BCUT2D eigenvalue weighted by atomic mass is 9.44. The fourth-order valence-electron chi connectivity index (χ4n) is 11.5. The van der Waals surface area contributed by atoms with Crippen molar-refractivity contribution in [3.63, 3.8) is 0 Å². The number of thiazole rings is 1. The van der Waals surface area contributed by atoms with Gasteiger partial charge in [0.2, 0.25) is 41.4 Å². The Kier molecular flexibility index (Phi) is 16.0. The van der Waals surface area contributed by atoms with Crippen LogP contribution in [0.15, 0.2) is 29.9 Å². The Balaban J connectivity index is 1.08. The van der Waals surface area contributed by atoms with Crippen LogP contribution in [0.2, 0.25) is 5.02 Å². The maximum absolute atomic E-state index is 15.3. The number of likely N-dealkylation sites (tertiary alicyclic amines) is 1. The van der Waals surface area contributed by atoms with Gasteiger partial charge in [-0.2, -0.15) is 13.2 Å². The Hall–Kier alpha value is -4.85. The lowest BCUT2D eigenvalue weighted by Gasteiger charge is -2.60. The Morgan fingerprint density at radius 2 is 1.71 bits per heavy atom. The van der Waals surface area contributed by atoms with E-state index in [-0.39, 0.29) is 44.2 Å². The summed E-state index contributed by atoms with van der Waals surface area (Å²) in [6.07, 6.45) is -0.917. The number of carbonyl (C=O) groups excluding carboxylic acids is 7. The lowest BCUT2D eigenvalue weighted by Crippen LogP contribution is -2.66. The van der Waals surface area contributed by atoms with Gasteiger partial charge in [0, 0.05) is 44.2 Å². The van der Waals surface area contributed by atoms with Gasteiger partial charge in [0.1, 0.15) is 47.3 Å². The summed E-state index contributed by atoms with van der Waals surface area (Å²) in [6.45, 7) is 6.50. The molecular formula is C52H69ClF4N8O7S. The van der Waals surface area contributed by atoms with Crippen molar-refractivity contribution < 1.29 is 51.1 Å². The average molecular weight is 1060 g/mol. The van der Waals surface area contributed by atoms with Crippen LogP contribution in [0.1, 0.15) is 123 Å². The van der Waals surface area contributed by atoms with Crippen molar-refractivity contribution in [2.24, 2.45) is 28.6 Å². The van der Waals surface area contributed by atoms with E-state index in [2.05, 4.69) is 26.3 Å². The van der Waals surface area contributed by atoms with Crippen LogP contribution in [-0.4, -0.2) is 136 Å². The number of aromatic nitrogens is 1. The molecule has 4 saturated carbocycles. The molecule has 2 aromatic rings. The van der Waals surface area contributed by atoms with Gasteiger partial charge in [-0.15, -0.1) is 11.3 Å². The van der Waals surface area contributed by atoms with Gasteiger partial charge in [-0.1, -0.05) is 37.9 Å². The van der Waals surface area contributed by atoms with E-state index in [1.165, 1.54) is 28.2 Å². The summed E-state index contributed by atoms with van der Waals surface area (Å²) in [5.74, 6) is -5.71. The number of nitrogens with one attached hydrogen (secondary N) is 4. The first-order chi connectivity index (χ1) is 34.4. The number of hydrogen-bond acceptors (Lipinski definition) is 9. The zero-order valence-corrected chi connectivity index (χ0v) is 43.8. The highest BCUT2D eigenvalue weighted by molar-refractivity contribution is 7.13. The van der Waals surface area contributed by atoms with Crippen LogP contribution in [0, 0.1) is 28.6 Å². The number of likely N-dealkylation sites (N-methyl/N-ethyl adjacent to an activating group) is 1. The zero-order valence-electron chi connectivity index (χ0n) is 42.3. The van der Waals surface area contributed by atoms with Crippen LogP contribution in [0.25, 0.3) is 10.4 Å². The number of carbonyl (C=O) groups is 7. The van der Waals surface area contributed by atoms with Crippen molar-refractivity contribution in [3.8, 4) is 10.4 Å². The molecule has 6 aliphatic rings. The Labute approximate surface area is 433 Å². The highest BCUT2D eigenvalue weighted by Gasteiger charge is 2.74. The van der Waals surface area contributed by atoms with Crippen LogP contribution in [0.3, 0.4) is 0 Å². The standard InChI is InChI=1S/C52H69ClF4N8O7S/c1-29(2)19-36-45(69)63(5)38(21-32-20-33(53)14-15-35(32)40-23-58-28-73-40)44(68)62-49(3,4)47(71)59-18-7-6-9-37(42(66)60-36)64(24-30-10-11-30)46(70)41(31-12-13-31)61-43(67)39-22-34(54)25-65(39)48(72)51(52(55,56)57)26-50(27-51)16-8-17-50/h14-15,20,23,28-31,34,36-39,41H,6-13,16-19,21-22,24-27H2,1-5H3,(H,59,71)(H,60,66)(H,61,67)(H,62,68)/t34-,36+,37+,38+,39+,41+/m1/s1. The summed E-state index contributed by atoms with van der Waals surface area (Å²) in [6, 6.07) is -1.18. The van der Waals surface area contributed by atoms with Crippen molar-refractivity contribution >= 4 is 64.3 Å². The van der Waals surface area contributed by atoms with Crippen LogP contribution in [-0.2, 0) is 40.0 Å². The third kappa shape index (κ3) is 11.8. The predicted molar refractivity (Wildman–Crippen MR) is 265 cm³/mol. The Morgan fingerprint density at radius 3 is 2.32 bits per heavy atom. The number of halogens is 5. The van der Waals surface area contributed by atoms with Crippen molar-refractivity contribution in [1.82, 2.24) is 41.0 Å². The third-order valence-electron chi connectivity index (χ3n) is 16.1. The van der Waals surface area contributed by atoms with E-state index in [9.17, 15) is 37.1 Å². The van der Waals surface area contributed by atoms with E-state index < -0.39 is 132 Å². The molecule has 1 aromatic carbocycles. The van der Waals surface area contributed by atoms with E-state index in [1.807, 2.05) is 19.9 Å². The smallest absolute Gasteiger partial charge is 0.354 e. The van der Waals surface area contributed by atoms with E-state index >= 15 is 14.0 Å². The Morgan fingerprint density at radius 1 is 1.00 bits per heavy atom. The largest absolute Gasteiger partial charge is 0.403 e. The summed E-state index contributed by atoms with van der Waals surface area (Å²) >= 11 is 7.91. The van der Waals surface area contributed by atoms with Gasteiger partial charge in [-0.25, -0.2) is 4.39 Å². The lowest BCUT2D eigenvalue weighted by molar-refractivity contribution is -0.285. The molecule has 8 rings (SSSR count). The first-order valence-electron chi connectivity index (χ1n) is 25.9. The third-order valence-corrected chi connectivity index (χ3v) is 17.2. The van der Waals surface area contributed by atoms with Crippen LogP contribution < -0.4 is 21.3 Å². The number of benzene rings is 1. The summed E-state index contributed by atoms with van der Waals surface area (Å²) in [5, 5.41) is 11.9. The van der Waals surface area contributed by atoms with Gasteiger partial charge in [0.15, 0.2) is 0 Å². The monoisotopic (exact) mass is 1060 g/mol. The molecule has 6 atom stereocenters. The molecular weight excluding hydrogens is 992 g/mol. The minimum Gasteiger partial charge on any atom is -0.354 e. The van der Waals surface area contributed by atoms with Crippen LogP contribution in [0.4, 0.5) is 17.6 Å². The average Bonchev–Trinajstić information content (AvgIpc) is 4.21. The summed E-state index contributed by atoms with van der Waals surface area (Å²) in [4.78, 5) is 110. The molecule has 2 saturated heterocycles. The SMILES string of the molecule is CC(C)C[C@@H]1NC(=O)[C@@H](N(CC2CC2)C(=O)[C@@H](NC(=O)[C@@H]2C[C@@H](F)CN2C(=O)C2(C(F)(F)F)CC3(CCC3)C2)C2CC2)CCCCNC(=O)C(C)(C)NC(=O)[C@H](Cc2cc(Cl)ccc2-c2cncs2)N(C)C1=O. The second-order valence-electron chi connectivity index (χ2n) is 22.8. The molecule has 21 heteroatoms. The molecule has 73 heavy (non-hydrogen) atoms. The molecule has 0 radical (unpaired) electrons. The molecule has 4 N–H and O–H groups in total. The number of nitrogens with zero attached hydrogens (tertiary/aromatic N) is 4. The number of rotatable bonds is 13. The number of hydrogen-bond donors (Lipinski definition) is 4. The maximum Gasteiger partial charge on any atom is 0.403 e. The highest BCUT2D eigenvalue weighted by atomic mass is 35.5. The van der Waals surface area contributed by atoms with Gasteiger partial charge >= 0.3 is 6.18 Å². The van der Waals surface area contributed by atoms with Crippen molar-refractivity contribution in [1.29, 1.82) is 0 Å². The minimum atomic E-state index is -4.91. The van der Waals surface area contributed by atoms with Crippen LogP contribution >= 0.6 is 22.9 Å². The normalized spacial score (nSPS) is 27.1. The molecule has 0 bridgehead atoms. The summed E-state index contributed by atoms with van der Waals surface area (Å²) in [7, 11) is 1.46. The van der Waals surface area contributed by atoms with Gasteiger partial charge in [0.25, 0.3) is 0 Å². The zero-order chi connectivity index (χ0) is 52.8. The fourth-order valence-corrected chi connectivity index (χ4v) is 12.4. The first kappa shape index (κ1) is 54.4. The van der Waals surface area contributed by atoms with Crippen molar-refractivity contribution in [2.75, 3.05) is 26.7 Å². The van der Waals surface area contributed by atoms with E-state index in [1.54, 1.807) is 37.7 Å². The van der Waals surface area contributed by atoms with E-state index in [4.69, 9.17) is 11.6 Å². The molecule has 7 amide bonds. The molecule has 2 aliphatic heterocycles. The second kappa shape index (κ2) is 21.4. The molecule has 3 heterocycles. The van der Waals surface area contributed by atoms with E-state index in [0.717, 1.165) is 34.6 Å². The van der Waals surface area contributed by atoms with Gasteiger partial charge in [-0.05, 0) is 137 Å². The molecule has 1 aromatic heterocycles. The predicted octanol–water partition coefficient (Wildman–Crippen LogP) is 6.51. The topological polar surface area (TPSA) is 190 Å². The Bertz CT molecular complexity index is 2420. The quantitative estimate of drug-likeness (QED) is 0.163. The molecule has 4 aliphatic carbocycles. The minimum absolute atomic E-state index is 0.0178. The highest BCUT2D eigenvalue weighted by Crippen LogP contribution is 2.69.